The minimum atomic E-state index is 0.983. The van der Waals surface area contributed by atoms with E-state index in [4.69, 9.17) is 0 Å². The largest absolute Gasteiger partial charge is 0.313 e. The first-order valence-electron chi connectivity index (χ1n) is 5.29. The fourth-order valence-electron chi connectivity index (χ4n) is 1.34. The minimum absolute atomic E-state index is 0.983. The minimum Gasteiger partial charge on any atom is -0.313 e. The highest BCUT2D eigenvalue weighted by Gasteiger charge is 1.89. The monoisotopic (exact) mass is 189 g/mol. The summed E-state index contributed by atoms with van der Waals surface area (Å²) in [4.78, 5) is 0. The van der Waals surface area contributed by atoms with Crippen molar-refractivity contribution in [3.05, 3.63) is 48.0 Å². The summed E-state index contributed by atoms with van der Waals surface area (Å²) in [5.74, 6) is 0. The van der Waals surface area contributed by atoms with Gasteiger partial charge in [-0.1, -0.05) is 42.5 Å². The van der Waals surface area contributed by atoms with Gasteiger partial charge >= 0.3 is 0 Å². The lowest BCUT2D eigenvalue weighted by Gasteiger charge is -2.03. The highest BCUT2D eigenvalue weighted by atomic mass is 14.8. The van der Waals surface area contributed by atoms with Crippen molar-refractivity contribution in [3.63, 3.8) is 0 Å². The average Bonchev–Trinajstić information content (AvgIpc) is 2.25. The molecule has 1 heteroatoms. The number of hydrogen-bond acceptors (Lipinski definition) is 1. The number of unbranched alkanes of at least 4 members (excludes halogenated alkanes) is 1. The summed E-state index contributed by atoms with van der Waals surface area (Å²) in [6.45, 7) is 4.15. The molecule has 0 amide bonds. The second-order valence-corrected chi connectivity index (χ2v) is 3.37. The molecule has 0 aromatic heterocycles. The second kappa shape index (κ2) is 7.34. The molecule has 0 saturated heterocycles. The van der Waals surface area contributed by atoms with Gasteiger partial charge in [-0.15, -0.1) is 0 Å². The van der Waals surface area contributed by atoms with Gasteiger partial charge in [-0.05, 0) is 31.9 Å². The van der Waals surface area contributed by atoms with Crippen LogP contribution in [0.2, 0.25) is 0 Å². The van der Waals surface area contributed by atoms with Gasteiger partial charge in [0, 0.05) is 6.54 Å². The van der Waals surface area contributed by atoms with Gasteiger partial charge in [0.1, 0.15) is 0 Å². The molecule has 0 spiro atoms. The Bertz CT molecular complexity index is 251. The predicted octanol–water partition coefficient (Wildman–Crippen LogP) is 3.13. The first-order valence-corrected chi connectivity index (χ1v) is 5.29. The molecule has 76 valence electrons. The van der Waals surface area contributed by atoms with Crippen LogP contribution >= 0.6 is 0 Å². The summed E-state index contributed by atoms with van der Waals surface area (Å²) in [5.41, 5.74) is 1.36. The Morgan fingerprint density at radius 1 is 1.21 bits per heavy atom. The van der Waals surface area contributed by atoms with Crippen LogP contribution in [-0.2, 0) is 6.54 Å². The molecule has 1 aromatic rings. The van der Waals surface area contributed by atoms with Gasteiger partial charge in [0.2, 0.25) is 0 Å². The smallest absolute Gasteiger partial charge is 0.0205 e. The van der Waals surface area contributed by atoms with Gasteiger partial charge in [0.15, 0.2) is 0 Å². The number of allylic oxidation sites excluding steroid dienone is 2. The fourth-order valence-corrected chi connectivity index (χ4v) is 1.34. The van der Waals surface area contributed by atoms with Gasteiger partial charge in [-0.25, -0.2) is 0 Å². The van der Waals surface area contributed by atoms with Crippen molar-refractivity contribution < 1.29 is 0 Å². The van der Waals surface area contributed by atoms with E-state index in [1.54, 1.807) is 0 Å². The van der Waals surface area contributed by atoms with E-state index in [2.05, 4.69) is 54.7 Å². The second-order valence-electron chi connectivity index (χ2n) is 3.37. The number of hydrogen-bond donors (Lipinski definition) is 1. The zero-order chi connectivity index (χ0) is 10.1. The van der Waals surface area contributed by atoms with Gasteiger partial charge in [0.25, 0.3) is 0 Å². The van der Waals surface area contributed by atoms with E-state index in [1.165, 1.54) is 18.4 Å². The van der Waals surface area contributed by atoms with Crippen LogP contribution in [0.25, 0.3) is 0 Å². The lowest BCUT2D eigenvalue weighted by Crippen LogP contribution is -2.14. The van der Waals surface area contributed by atoms with Crippen LogP contribution in [0.3, 0.4) is 0 Å². The van der Waals surface area contributed by atoms with E-state index < -0.39 is 0 Å². The van der Waals surface area contributed by atoms with E-state index in [0.717, 1.165) is 13.1 Å². The van der Waals surface area contributed by atoms with Crippen LogP contribution in [0.4, 0.5) is 0 Å². The van der Waals surface area contributed by atoms with E-state index in [9.17, 15) is 0 Å². The Morgan fingerprint density at radius 2 is 2.00 bits per heavy atom. The van der Waals surface area contributed by atoms with Gasteiger partial charge in [-0.3, -0.25) is 0 Å². The average molecular weight is 189 g/mol. The summed E-state index contributed by atoms with van der Waals surface area (Å²) in [7, 11) is 0. The van der Waals surface area contributed by atoms with Crippen LogP contribution in [0.5, 0.6) is 0 Å². The molecule has 14 heavy (non-hydrogen) atoms. The quantitative estimate of drug-likeness (QED) is 0.535. The van der Waals surface area contributed by atoms with Crippen molar-refractivity contribution in [3.8, 4) is 0 Å². The topological polar surface area (TPSA) is 12.0 Å². The van der Waals surface area contributed by atoms with Crippen LogP contribution in [-0.4, -0.2) is 6.54 Å². The van der Waals surface area contributed by atoms with Gasteiger partial charge < -0.3 is 5.32 Å². The molecule has 0 aliphatic heterocycles. The van der Waals surface area contributed by atoms with Crippen LogP contribution < -0.4 is 5.32 Å². The summed E-state index contributed by atoms with van der Waals surface area (Å²) in [6.07, 6.45) is 6.72. The van der Waals surface area contributed by atoms with E-state index in [-0.39, 0.29) is 0 Å². The van der Waals surface area contributed by atoms with Crippen molar-refractivity contribution >= 4 is 0 Å². The van der Waals surface area contributed by atoms with Crippen LogP contribution in [0.1, 0.15) is 25.3 Å². The fraction of sp³-hybridized carbons (Fsp3) is 0.385. The maximum atomic E-state index is 3.43. The third-order valence-corrected chi connectivity index (χ3v) is 2.13. The predicted molar refractivity (Wildman–Crippen MR) is 62.2 cm³/mol. The number of benzene rings is 1. The maximum absolute atomic E-state index is 3.43. The van der Waals surface area contributed by atoms with Gasteiger partial charge in [-0.2, -0.15) is 0 Å². The molecule has 0 saturated carbocycles. The summed E-state index contributed by atoms with van der Waals surface area (Å²) >= 11 is 0. The zero-order valence-corrected chi connectivity index (χ0v) is 8.87. The molecule has 0 atom stereocenters. The first-order chi connectivity index (χ1) is 6.93. The molecule has 0 aliphatic rings. The third-order valence-electron chi connectivity index (χ3n) is 2.13. The van der Waals surface area contributed by atoms with E-state index in [0.29, 0.717) is 0 Å². The lowest BCUT2D eigenvalue weighted by atomic mass is 10.2. The molecule has 0 fully saturated rings. The standard InChI is InChI=1S/C13H19N/c1-2-3-4-8-11-14-12-13-9-6-5-7-10-13/h2-3,5-7,9-10,14H,4,8,11-12H2,1H3/b3-2+. The molecule has 0 radical (unpaired) electrons. The molecule has 0 unspecified atom stereocenters. The first kappa shape index (κ1) is 11.0. The van der Waals surface area contributed by atoms with Gasteiger partial charge in [0.05, 0.1) is 0 Å². The Hall–Kier alpha value is -1.08. The summed E-state index contributed by atoms with van der Waals surface area (Å²) in [5, 5.41) is 3.43. The molecule has 0 bridgehead atoms. The normalized spacial score (nSPS) is 10.9. The number of rotatable bonds is 6. The van der Waals surface area contributed by atoms with E-state index in [1.807, 2.05) is 0 Å². The highest BCUT2D eigenvalue weighted by Crippen LogP contribution is 1.97. The Labute approximate surface area is 86.8 Å². The van der Waals surface area contributed by atoms with Crippen molar-refractivity contribution in [2.45, 2.75) is 26.3 Å². The molecule has 1 rings (SSSR count). The molecular formula is C13H19N. The van der Waals surface area contributed by atoms with E-state index >= 15 is 0 Å². The Kier molecular flexibility index (Phi) is 5.76. The van der Waals surface area contributed by atoms with Crippen LogP contribution in [0.15, 0.2) is 42.5 Å². The highest BCUT2D eigenvalue weighted by molar-refractivity contribution is 5.14. The molecule has 1 aromatic carbocycles. The lowest BCUT2D eigenvalue weighted by molar-refractivity contribution is 0.655. The van der Waals surface area contributed by atoms with Crippen LogP contribution in [0, 0.1) is 0 Å². The van der Waals surface area contributed by atoms with Crippen molar-refractivity contribution in [2.24, 2.45) is 0 Å². The Morgan fingerprint density at radius 3 is 2.71 bits per heavy atom. The van der Waals surface area contributed by atoms with Crippen molar-refractivity contribution in [1.82, 2.24) is 5.32 Å². The van der Waals surface area contributed by atoms with Crippen molar-refractivity contribution in [1.29, 1.82) is 0 Å². The number of nitrogens with one attached hydrogen (secondary N) is 1. The maximum Gasteiger partial charge on any atom is 0.0205 e. The molecule has 0 heterocycles. The summed E-state index contributed by atoms with van der Waals surface area (Å²) in [6, 6.07) is 10.5. The summed E-state index contributed by atoms with van der Waals surface area (Å²) < 4.78 is 0. The Balaban J connectivity index is 2.05. The molecule has 1 nitrogen and oxygen atoms in total. The SMILES string of the molecule is C/C=C/CCCNCc1ccccc1. The third kappa shape index (κ3) is 4.83. The molecule has 1 N–H and O–H groups in total. The molecular weight excluding hydrogens is 170 g/mol. The molecule has 0 aliphatic carbocycles. The zero-order valence-electron chi connectivity index (χ0n) is 8.87. The van der Waals surface area contributed by atoms with Crippen molar-refractivity contribution in [2.75, 3.05) is 6.54 Å².